The lowest BCUT2D eigenvalue weighted by Gasteiger charge is -2.08. The highest BCUT2D eigenvalue weighted by Gasteiger charge is 2.09. The number of aromatic nitrogens is 3. The number of hydrogen-bond donors (Lipinski definition) is 1. The van der Waals surface area contributed by atoms with Crippen LogP contribution >= 0.6 is 0 Å². The minimum atomic E-state index is -0.0814. The number of carbonyl (C=O) groups is 1. The fraction of sp³-hybridized carbons (Fsp3) is 0.263. The average molecular weight is 352 g/mol. The summed E-state index contributed by atoms with van der Waals surface area (Å²) in [5.41, 5.74) is 1.90. The van der Waals surface area contributed by atoms with Gasteiger partial charge in [0, 0.05) is 24.4 Å². The van der Waals surface area contributed by atoms with E-state index in [2.05, 4.69) is 20.4 Å². The Balaban J connectivity index is 1.38. The van der Waals surface area contributed by atoms with Crippen LogP contribution in [0.25, 0.3) is 11.4 Å². The average Bonchev–Trinajstić information content (AvgIpc) is 3.15. The van der Waals surface area contributed by atoms with Gasteiger partial charge in [0.1, 0.15) is 5.75 Å². The van der Waals surface area contributed by atoms with Crippen molar-refractivity contribution in [2.45, 2.75) is 26.3 Å². The molecular formula is C19H20N4O3. The summed E-state index contributed by atoms with van der Waals surface area (Å²) in [7, 11) is 0. The molecule has 0 saturated carbocycles. The maximum Gasteiger partial charge on any atom is 0.246 e. The summed E-state index contributed by atoms with van der Waals surface area (Å²) in [6, 6.07) is 11.4. The minimum absolute atomic E-state index is 0.0814. The van der Waals surface area contributed by atoms with E-state index in [1.165, 1.54) is 0 Å². The highest BCUT2D eigenvalue weighted by Crippen LogP contribution is 2.16. The smallest absolute Gasteiger partial charge is 0.246 e. The van der Waals surface area contributed by atoms with Gasteiger partial charge >= 0.3 is 0 Å². The van der Waals surface area contributed by atoms with Crippen molar-refractivity contribution in [3.8, 4) is 17.1 Å². The zero-order chi connectivity index (χ0) is 18.2. The van der Waals surface area contributed by atoms with Crippen molar-refractivity contribution in [1.29, 1.82) is 0 Å². The van der Waals surface area contributed by atoms with Crippen molar-refractivity contribution in [2.24, 2.45) is 0 Å². The number of pyridine rings is 1. The second-order valence-electron chi connectivity index (χ2n) is 5.74. The molecule has 0 unspecified atom stereocenters. The van der Waals surface area contributed by atoms with Crippen molar-refractivity contribution in [3.63, 3.8) is 0 Å². The molecule has 0 aliphatic heterocycles. The van der Waals surface area contributed by atoms with Gasteiger partial charge in [-0.05, 0) is 37.1 Å². The van der Waals surface area contributed by atoms with E-state index in [-0.39, 0.29) is 12.5 Å². The standard InChI is InChI=1S/C19H20N4O3/c1-14-5-2-3-6-16(14)25-12-4-7-17(24)21-13-18-22-19(23-26-18)15-8-10-20-11-9-15/h2-3,5-6,8-11H,4,7,12-13H2,1H3,(H,21,24). The van der Waals surface area contributed by atoms with Crippen LogP contribution in [-0.4, -0.2) is 27.6 Å². The van der Waals surface area contributed by atoms with E-state index >= 15 is 0 Å². The Labute approximate surface area is 151 Å². The fourth-order valence-corrected chi connectivity index (χ4v) is 2.34. The third kappa shape index (κ3) is 4.89. The van der Waals surface area contributed by atoms with Crippen LogP contribution in [0.1, 0.15) is 24.3 Å². The number of hydrogen-bond acceptors (Lipinski definition) is 6. The molecule has 1 N–H and O–H groups in total. The Morgan fingerprint density at radius 2 is 2.00 bits per heavy atom. The maximum absolute atomic E-state index is 11.9. The highest BCUT2D eigenvalue weighted by molar-refractivity contribution is 5.75. The first-order valence-corrected chi connectivity index (χ1v) is 8.40. The Bertz CT molecular complexity index is 849. The van der Waals surface area contributed by atoms with Gasteiger partial charge in [0.05, 0.1) is 13.2 Å². The Morgan fingerprint density at radius 3 is 2.81 bits per heavy atom. The van der Waals surface area contributed by atoms with E-state index in [1.807, 2.05) is 31.2 Å². The number of ether oxygens (including phenoxy) is 1. The van der Waals surface area contributed by atoms with Gasteiger partial charge in [0.25, 0.3) is 0 Å². The number of nitrogens with zero attached hydrogens (tertiary/aromatic N) is 3. The van der Waals surface area contributed by atoms with E-state index in [0.29, 0.717) is 31.2 Å². The van der Waals surface area contributed by atoms with Gasteiger partial charge in [0.15, 0.2) is 0 Å². The summed E-state index contributed by atoms with van der Waals surface area (Å²) >= 11 is 0. The van der Waals surface area contributed by atoms with Gasteiger partial charge in [0.2, 0.25) is 17.6 Å². The molecule has 3 aromatic rings. The van der Waals surface area contributed by atoms with Crippen LogP contribution < -0.4 is 10.1 Å². The van der Waals surface area contributed by atoms with Crippen molar-refractivity contribution < 1.29 is 14.1 Å². The number of nitrogens with one attached hydrogen (secondary N) is 1. The van der Waals surface area contributed by atoms with Crippen LogP contribution in [0, 0.1) is 6.92 Å². The summed E-state index contributed by atoms with van der Waals surface area (Å²) in [5.74, 6) is 1.61. The van der Waals surface area contributed by atoms with Crippen LogP contribution in [0.5, 0.6) is 5.75 Å². The second kappa shape index (κ2) is 8.75. The van der Waals surface area contributed by atoms with Gasteiger partial charge < -0.3 is 14.6 Å². The molecule has 0 aliphatic rings. The maximum atomic E-state index is 11.9. The van der Waals surface area contributed by atoms with Gasteiger partial charge in [-0.3, -0.25) is 9.78 Å². The molecular weight excluding hydrogens is 332 g/mol. The molecule has 1 aromatic carbocycles. The molecule has 7 nitrogen and oxygen atoms in total. The summed E-state index contributed by atoms with van der Waals surface area (Å²) in [6.45, 7) is 2.69. The molecule has 0 fully saturated rings. The molecule has 0 radical (unpaired) electrons. The lowest BCUT2D eigenvalue weighted by Crippen LogP contribution is -2.23. The second-order valence-corrected chi connectivity index (χ2v) is 5.74. The lowest BCUT2D eigenvalue weighted by molar-refractivity contribution is -0.121. The molecule has 7 heteroatoms. The lowest BCUT2D eigenvalue weighted by atomic mass is 10.2. The molecule has 26 heavy (non-hydrogen) atoms. The molecule has 2 aromatic heterocycles. The predicted octanol–water partition coefficient (Wildman–Crippen LogP) is 2.92. The van der Waals surface area contributed by atoms with Crippen LogP contribution in [-0.2, 0) is 11.3 Å². The normalized spacial score (nSPS) is 10.5. The number of amides is 1. The zero-order valence-electron chi connectivity index (χ0n) is 14.5. The van der Waals surface area contributed by atoms with E-state index in [1.54, 1.807) is 24.5 Å². The van der Waals surface area contributed by atoms with Gasteiger partial charge in [-0.1, -0.05) is 23.4 Å². The van der Waals surface area contributed by atoms with E-state index in [4.69, 9.17) is 9.26 Å². The number of benzene rings is 1. The van der Waals surface area contributed by atoms with Gasteiger partial charge in [-0.15, -0.1) is 0 Å². The topological polar surface area (TPSA) is 90.1 Å². The highest BCUT2D eigenvalue weighted by atomic mass is 16.5. The largest absolute Gasteiger partial charge is 0.493 e. The Hall–Kier alpha value is -3.22. The van der Waals surface area contributed by atoms with E-state index in [0.717, 1.165) is 16.9 Å². The van der Waals surface area contributed by atoms with Crippen LogP contribution in [0.2, 0.25) is 0 Å². The number of para-hydroxylation sites is 1. The third-order valence-corrected chi connectivity index (χ3v) is 3.74. The predicted molar refractivity (Wildman–Crippen MR) is 95.3 cm³/mol. The van der Waals surface area contributed by atoms with Crippen LogP contribution in [0.4, 0.5) is 0 Å². The molecule has 0 aliphatic carbocycles. The first-order valence-electron chi connectivity index (χ1n) is 8.40. The first kappa shape index (κ1) is 17.6. The third-order valence-electron chi connectivity index (χ3n) is 3.74. The molecule has 3 rings (SSSR count). The van der Waals surface area contributed by atoms with E-state index < -0.39 is 0 Å². The summed E-state index contributed by atoms with van der Waals surface area (Å²) in [6.07, 6.45) is 4.32. The molecule has 134 valence electrons. The summed E-state index contributed by atoms with van der Waals surface area (Å²) in [5, 5.41) is 6.67. The molecule has 0 bridgehead atoms. The number of carbonyl (C=O) groups excluding carboxylic acids is 1. The molecule has 1 amide bonds. The Morgan fingerprint density at radius 1 is 1.19 bits per heavy atom. The summed E-state index contributed by atoms with van der Waals surface area (Å²) in [4.78, 5) is 20.1. The monoisotopic (exact) mass is 352 g/mol. The SMILES string of the molecule is Cc1ccccc1OCCCC(=O)NCc1nc(-c2ccncc2)no1. The van der Waals surface area contributed by atoms with Gasteiger partial charge in [-0.2, -0.15) is 4.98 Å². The van der Waals surface area contributed by atoms with Crippen molar-refractivity contribution in [3.05, 3.63) is 60.2 Å². The first-order chi connectivity index (χ1) is 12.7. The zero-order valence-corrected chi connectivity index (χ0v) is 14.5. The number of rotatable bonds is 8. The molecule has 0 atom stereocenters. The molecule has 2 heterocycles. The van der Waals surface area contributed by atoms with Crippen molar-refractivity contribution in [2.75, 3.05) is 6.61 Å². The number of aryl methyl sites for hydroxylation is 1. The summed E-state index contributed by atoms with van der Waals surface area (Å²) < 4.78 is 10.8. The van der Waals surface area contributed by atoms with Crippen LogP contribution in [0.3, 0.4) is 0 Å². The quantitative estimate of drug-likeness (QED) is 0.627. The molecule has 0 spiro atoms. The fourth-order valence-electron chi connectivity index (χ4n) is 2.34. The van der Waals surface area contributed by atoms with E-state index in [9.17, 15) is 4.79 Å². The van der Waals surface area contributed by atoms with Gasteiger partial charge in [-0.25, -0.2) is 0 Å². The van der Waals surface area contributed by atoms with Crippen molar-refractivity contribution in [1.82, 2.24) is 20.4 Å². The molecule has 0 saturated heterocycles. The van der Waals surface area contributed by atoms with Crippen molar-refractivity contribution >= 4 is 5.91 Å². The minimum Gasteiger partial charge on any atom is -0.493 e. The van der Waals surface area contributed by atoms with Crippen LogP contribution in [0.15, 0.2) is 53.3 Å². The Kier molecular flexibility index (Phi) is 5.92.